The van der Waals surface area contributed by atoms with Crippen molar-refractivity contribution >= 4 is 5.97 Å². The molecule has 1 N–H and O–H groups in total. The van der Waals surface area contributed by atoms with E-state index in [1.54, 1.807) is 0 Å². The largest absolute Gasteiger partial charge is 0.462 e. The van der Waals surface area contributed by atoms with Gasteiger partial charge in [0.05, 0.1) is 6.10 Å². The minimum atomic E-state index is -0.316. The zero-order chi connectivity index (χ0) is 16.3. The summed E-state index contributed by atoms with van der Waals surface area (Å²) in [5, 5.41) is 10.9. The first-order chi connectivity index (χ1) is 10.2. The summed E-state index contributed by atoms with van der Waals surface area (Å²) in [5.41, 5.74) is -0.0424. The van der Waals surface area contributed by atoms with E-state index in [1.807, 2.05) is 0 Å². The standard InChI is InChI=1S/C19H30O3/c1-11(2)16-12-9-14(20)17-18(3,4)7-6-8-19(17,5)13(12)10-15(21)22-16/h6-7,11-14,16-17,20H,8-10H2,1-5H3/t12-,13+,14-,16-,17+,19-/m1/s1. The van der Waals surface area contributed by atoms with Gasteiger partial charge in [-0.25, -0.2) is 0 Å². The Morgan fingerprint density at radius 2 is 2.00 bits per heavy atom. The average molecular weight is 306 g/mol. The van der Waals surface area contributed by atoms with Crippen LogP contribution in [0.1, 0.15) is 53.9 Å². The van der Waals surface area contributed by atoms with E-state index in [1.165, 1.54) is 0 Å². The minimum absolute atomic E-state index is 0.0207. The molecule has 0 spiro atoms. The highest BCUT2D eigenvalue weighted by atomic mass is 16.5. The van der Waals surface area contributed by atoms with Crippen LogP contribution in [0.15, 0.2) is 12.2 Å². The van der Waals surface area contributed by atoms with Gasteiger partial charge >= 0.3 is 5.97 Å². The van der Waals surface area contributed by atoms with Crippen molar-refractivity contribution in [2.75, 3.05) is 0 Å². The van der Waals surface area contributed by atoms with E-state index < -0.39 is 0 Å². The Balaban J connectivity index is 2.03. The number of rotatable bonds is 1. The molecule has 2 fully saturated rings. The van der Waals surface area contributed by atoms with Gasteiger partial charge in [0.25, 0.3) is 0 Å². The quantitative estimate of drug-likeness (QED) is 0.595. The Bertz CT molecular complexity index is 493. The molecule has 0 aromatic carbocycles. The number of fused-ring (bicyclic) bond motifs is 3. The molecule has 124 valence electrons. The third-order valence-corrected chi connectivity index (χ3v) is 6.61. The summed E-state index contributed by atoms with van der Waals surface area (Å²) in [6, 6.07) is 0. The van der Waals surface area contributed by atoms with E-state index in [4.69, 9.17) is 4.74 Å². The normalized spacial score (nSPS) is 46.9. The summed E-state index contributed by atoms with van der Waals surface area (Å²) < 4.78 is 5.67. The molecule has 0 aromatic rings. The van der Waals surface area contributed by atoms with Crippen molar-refractivity contribution in [3.63, 3.8) is 0 Å². The molecule has 0 bridgehead atoms. The van der Waals surface area contributed by atoms with Crippen LogP contribution in [0.3, 0.4) is 0 Å². The van der Waals surface area contributed by atoms with Crippen molar-refractivity contribution in [2.24, 2.45) is 34.5 Å². The first-order valence-electron chi connectivity index (χ1n) is 8.72. The smallest absolute Gasteiger partial charge is 0.306 e. The van der Waals surface area contributed by atoms with Crippen molar-refractivity contribution in [1.82, 2.24) is 0 Å². The Labute approximate surface area is 134 Å². The van der Waals surface area contributed by atoms with E-state index in [9.17, 15) is 9.90 Å². The maximum atomic E-state index is 12.2. The van der Waals surface area contributed by atoms with Crippen molar-refractivity contribution in [1.29, 1.82) is 0 Å². The predicted molar refractivity (Wildman–Crippen MR) is 86.1 cm³/mol. The number of ether oxygens (including phenoxy) is 1. The Kier molecular flexibility index (Phi) is 3.71. The number of allylic oxidation sites excluding steroid dienone is 2. The molecule has 2 aliphatic carbocycles. The first kappa shape index (κ1) is 16.0. The van der Waals surface area contributed by atoms with Gasteiger partial charge in [-0.3, -0.25) is 4.79 Å². The third kappa shape index (κ3) is 2.24. The van der Waals surface area contributed by atoms with Gasteiger partial charge in [0.1, 0.15) is 6.10 Å². The molecule has 22 heavy (non-hydrogen) atoms. The van der Waals surface area contributed by atoms with Gasteiger partial charge < -0.3 is 9.84 Å². The number of esters is 1. The maximum Gasteiger partial charge on any atom is 0.306 e. The van der Waals surface area contributed by atoms with Crippen molar-refractivity contribution in [3.8, 4) is 0 Å². The zero-order valence-corrected chi connectivity index (χ0v) is 14.5. The molecule has 1 heterocycles. The summed E-state index contributed by atoms with van der Waals surface area (Å²) >= 11 is 0. The molecule has 3 aliphatic rings. The number of carbonyl (C=O) groups excluding carboxylic acids is 1. The van der Waals surface area contributed by atoms with Crippen LogP contribution < -0.4 is 0 Å². The molecule has 0 unspecified atom stereocenters. The summed E-state index contributed by atoms with van der Waals surface area (Å²) in [7, 11) is 0. The van der Waals surface area contributed by atoms with Gasteiger partial charge in [-0.1, -0.05) is 46.8 Å². The number of aliphatic hydroxyl groups excluding tert-OH is 1. The van der Waals surface area contributed by atoms with Crippen LogP contribution in [0.25, 0.3) is 0 Å². The highest BCUT2D eigenvalue weighted by Gasteiger charge is 2.60. The molecule has 3 rings (SSSR count). The third-order valence-electron chi connectivity index (χ3n) is 6.61. The summed E-state index contributed by atoms with van der Waals surface area (Å²) in [4.78, 5) is 12.2. The van der Waals surface area contributed by atoms with Gasteiger partial charge in [0, 0.05) is 12.3 Å². The van der Waals surface area contributed by atoms with Gasteiger partial charge in [-0.2, -0.15) is 0 Å². The Morgan fingerprint density at radius 1 is 1.32 bits per heavy atom. The van der Waals surface area contributed by atoms with Crippen molar-refractivity contribution < 1.29 is 14.6 Å². The topological polar surface area (TPSA) is 46.5 Å². The molecule has 6 atom stereocenters. The lowest BCUT2D eigenvalue weighted by Gasteiger charge is -2.61. The summed E-state index contributed by atoms with van der Waals surface area (Å²) in [5.74, 6) is 1.07. The van der Waals surface area contributed by atoms with E-state index in [2.05, 4.69) is 46.8 Å². The lowest BCUT2D eigenvalue weighted by atomic mass is 9.45. The van der Waals surface area contributed by atoms with Crippen LogP contribution in [-0.4, -0.2) is 23.3 Å². The molecule has 0 amide bonds. The summed E-state index contributed by atoms with van der Waals surface area (Å²) in [6.45, 7) is 11.0. The van der Waals surface area contributed by atoms with Crippen LogP contribution in [0.4, 0.5) is 0 Å². The van der Waals surface area contributed by atoms with Crippen molar-refractivity contribution in [2.45, 2.75) is 66.1 Å². The fourth-order valence-electron chi connectivity index (χ4n) is 5.93. The maximum absolute atomic E-state index is 12.2. The average Bonchev–Trinajstić information content (AvgIpc) is 2.37. The highest BCUT2D eigenvalue weighted by molar-refractivity contribution is 5.71. The first-order valence-corrected chi connectivity index (χ1v) is 8.72. The van der Waals surface area contributed by atoms with Crippen LogP contribution >= 0.6 is 0 Å². The van der Waals surface area contributed by atoms with Crippen LogP contribution in [0, 0.1) is 34.5 Å². The summed E-state index contributed by atoms with van der Waals surface area (Å²) in [6.07, 6.45) is 6.38. The lowest BCUT2D eigenvalue weighted by Crippen LogP contribution is -2.61. The molecule has 1 aliphatic heterocycles. The SMILES string of the molecule is CC(C)[C@H]1OC(=O)C[C@H]2[C@H]1C[C@@H](O)[C@H]1C(C)(C)C=CC[C@]21C. The molecule has 1 saturated carbocycles. The fraction of sp³-hybridized carbons (Fsp3) is 0.842. The molecule has 1 saturated heterocycles. The number of aliphatic hydroxyl groups is 1. The number of carbonyl (C=O) groups is 1. The fourth-order valence-corrected chi connectivity index (χ4v) is 5.93. The van der Waals surface area contributed by atoms with Crippen LogP contribution in [0.2, 0.25) is 0 Å². The Hall–Kier alpha value is -0.830. The van der Waals surface area contributed by atoms with E-state index in [0.29, 0.717) is 18.3 Å². The minimum Gasteiger partial charge on any atom is -0.462 e. The van der Waals surface area contributed by atoms with E-state index in [-0.39, 0.29) is 40.8 Å². The van der Waals surface area contributed by atoms with Gasteiger partial charge in [-0.15, -0.1) is 0 Å². The second kappa shape index (κ2) is 5.09. The number of hydrogen-bond donors (Lipinski definition) is 1. The molecule has 3 nitrogen and oxygen atoms in total. The molecule has 3 heteroatoms. The zero-order valence-electron chi connectivity index (χ0n) is 14.5. The monoisotopic (exact) mass is 306 g/mol. The number of hydrogen-bond acceptors (Lipinski definition) is 3. The van der Waals surface area contributed by atoms with E-state index in [0.717, 1.165) is 12.8 Å². The molecule has 0 radical (unpaired) electrons. The molecular formula is C19H30O3. The van der Waals surface area contributed by atoms with Crippen molar-refractivity contribution in [3.05, 3.63) is 12.2 Å². The molecule has 0 aromatic heterocycles. The molecular weight excluding hydrogens is 276 g/mol. The van der Waals surface area contributed by atoms with Gasteiger partial charge in [-0.05, 0) is 41.4 Å². The van der Waals surface area contributed by atoms with Crippen LogP contribution in [0.5, 0.6) is 0 Å². The van der Waals surface area contributed by atoms with Crippen LogP contribution in [-0.2, 0) is 9.53 Å². The van der Waals surface area contributed by atoms with E-state index >= 15 is 0 Å². The Morgan fingerprint density at radius 3 is 2.64 bits per heavy atom. The lowest BCUT2D eigenvalue weighted by molar-refractivity contribution is -0.203. The second-order valence-corrected chi connectivity index (χ2v) is 8.89. The predicted octanol–water partition coefficient (Wildman–Crippen LogP) is 3.56. The second-order valence-electron chi connectivity index (χ2n) is 8.89. The van der Waals surface area contributed by atoms with Gasteiger partial charge in [0.15, 0.2) is 0 Å². The van der Waals surface area contributed by atoms with Gasteiger partial charge in [0.2, 0.25) is 0 Å². The number of cyclic esters (lactones) is 1. The highest BCUT2D eigenvalue weighted by Crippen LogP contribution is 2.61.